The van der Waals surface area contributed by atoms with E-state index in [-0.39, 0.29) is 11.4 Å². The first-order valence-electron chi connectivity index (χ1n) is 7.91. The maximum absolute atomic E-state index is 13.5. The number of nitrogens with one attached hydrogen (secondary N) is 1. The first kappa shape index (κ1) is 16.6. The van der Waals surface area contributed by atoms with Gasteiger partial charge in [0.05, 0.1) is 4.90 Å². The maximum Gasteiger partial charge on any atom is 0.243 e. The summed E-state index contributed by atoms with van der Waals surface area (Å²) in [6.07, 6.45) is 0.598. The zero-order chi connectivity index (χ0) is 17.8. The molecule has 0 aliphatic carbocycles. The van der Waals surface area contributed by atoms with Gasteiger partial charge in [-0.05, 0) is 48.4 Å². The van der Waals surface area contributed by atoms with Crippen LogP contribution in [0.3, 0.4) is 0 Å². The monoisotopic (exact) mass is 378 g/mol. The predicted molar refractivity (Wildman–Crippen MR) is 95.7 cm³/mol. The van der Waals surface area contributed by atoms with E-state index in [2.05, 4.69) is 4.98 Å². The quantitative estimate of drug-likeness (QED) is 0.732. The van der Waals surface area contributed by atoms with E-state index in [4.69, 9.17) is 11.6 Å². The van der Waals surface area contributed by atoms with Crippen LogP contribution in [0.1, 0.15) is 16.8 Å². The smallest absolute Gasteiger partial charge is 0.243 e. The minimum atomic E-state index is -3.67. The van der Waals surface area contributed by atoms with Crippen molar-refractivity contribution in [2.24, 2.45) is 0 Å². The highest BCUT2D eigenvalue weighted by atomic mass is 35.5. The van der Waals surface area contributed by atoms with E-state index in [1.807, 2.05) is 12.1 Å². The maximum atomic E-state index is 13.5. The van der Waals surface area contributed by atoms with Gasteiger partial charge in [-0.1, -0.05) is 17.7 Å². The largest absolute Gasteiger partial charge is 0.358 e. The highest BCUT2D eigenvalue weighted by Gasteiger charge is 2.30. The van der Waals surface area contributed by atoms with E-state index in [1.54, 1.807) is 13.0 Å². The Kier molecular flexibility index (Phi) is 3.86. The van der Waals surface area contributed by atoms with Crippen molar-refractivity contribution in [2.75, 3.05) is 6.54 Å². The molecule has 3 aromatic rings. The van der Waals surface area contributed by atoms with Gasteiger partial charge in [-0.3, -0.25) is 0 Å². The summed E-state index contributed by atoms with van der Waals surface area (Å²) in [7, 11) is -3.67. The highest BCUT2D eigenvalue weighted by Crippen LogP contribution is 2.32. The third kappa shape index (κ3) is 2.74. The van der Waals surface area contributed by atoms with E-state index >= 15 is 0 Å². The van der Waals surface area contributed by atoms with Gasteiger partial charge in [-0.15, -0.1) is 0 Å². The molecule has 1 aliphatic rings. The molecule has 0 unspecified atom stereocenters. The van der Waals surface area contributed by atoms with Gasteiger partial charge in [-0.2, -0.15) is 4.31 Å². The second kappa shape index (κ2) is 5.83. The minimum absolute atomic E-state index is 0.123. The molecule has 130 valence electrons. The molecule has 0 bridgehead atoms. The molecule has 0 saturated carbocycles. The SMILES string of the molecule is Cc1cc(S(=O)(=O)N2CCc3[nH]c4cc(Cl)ccc4c3C2)ccc1F. The first-order chi connectivity index (χ1) is 11.9. The molecule has 1 aliphatic heterocycles. The summed E-state index contributed by atoms with van der Waals surface area (Å²) in [5, 5.41) is 1.62. The Morgan fingerprint density at radius 1 is 1.20 bits per heavy atom. The van der Waals surface area contributed by atoms with Crippen LogP contribution in [0, 0.1) is 12.7 Å². The van der Waals surface area contributed by atoms with Crippen LogP contribution in [0.25, 0.3) is 10.9 Å². The second-order valence-electron chi connectivity index (χ2n) is 6.27. The van der Waals surface area contributed by atoms with Crippen LogP contribution < -0.4 is 0 Å². The number of H-pyrrole nitrogens is 1. The van der Waals surface area contributed by atoms with Crippen molar-refractivity contribution in [1.82, 2.24) is 9.29 Å². The third-order valence-electron chi connectivity index (χ3n) is 4.67. The Hall–Kier alpha value is -1.89. The molecule has 7 heteroatoms. The van der Waals surface area contributed by atoms with Crippen molar-refractivity contribution in [3.8, 4) is 0 Å². The molecule has 25 heavy (non-hydrogen) atoms. The van der Waals surface area contributed by atoms with Crippen LogP contribution >= 0.6 is 11.6 Å². The fourth-order valence-corrected chi connectivity index (χ4v) is 4.97. The Labute approximate surface area is 150 Å². The van der Waals surface area contributed by atoms with E-state index in [0.29, 0.717) is 23.6 Å². The van der Waals surface area contributed by atoms with E-state index < -0.39 is 15.8 Å². The molecule has 2 aromatic carbocycles. The summed E-state index contributed by atoms with van der Waals surface area (Å²) in [5.41, 5.74) is 3.24. The zero-order valence-electron chi connectivity index (χ0n) is 13.5. The lowest BCUT2D eigenvalue weighted by Gasteiger charge is -2.26. The molecule has 4 nitrogen and oxygen atoms in total. The van der Waals surface area contributed by atoms with Crippen LogP contribution in [0.5, 0.6) is 0 Å². The highest BCUT2D eigenvalue weighted by molar-refractivity contribution is 7.89. The molecule has 0 atom stereocenters. The van der Waals surface area contributed by atoms with Crippen LogP contribution in [-0.4, -0.2) is 24.3 Å². The van der Waals surface area contributed by atoms with Crippen molar-refractivity contribution in [3.63, 3.8) is 0 Å². The Morgan fingerprint density at radius 3 is 2.76 bits per heavy atom. The number of sulfonamides is 1. The molecular formula is C18H16ClFN2O2S. The number of rotatable bonds is 2. The van der Waals surface area contributed by atoms with Crippen LogP contribution in [0.4, 0.5) is 4.39 Å². The predicted octanol–water partition coefficient (Wildman–Crippen LogP) is 4.02. The first-order valence-corrected chi connectivity index (χ1v) is 9.73. The lowest BCUT2D eigenvalue weighted by Crippen LogP contribution is -2.35. The van der Waals surface area contributed by atoms with Crippen LogP contribution in [0.15, 0.2) is 41.3 Å². The Morgan fingerprint density at radius 2 is 2.00 bits per heavy atom. The molecule has 4 rings (SSSR count). The number of aromatic nitrogens is 1. The average molecular weight is 379 g/mol. The van der Waals surface area contributed by atoms with E-state index in [1.165, 1.54) is 22.5 Å². The third-order valence-corrected chi connectivity index (χ3v) is 6.75. The summed E-state index contributed by atoms with van der Waals surface area (Å²) in [6.45, 7) is 2.23. The average Bonchev–Trinajstić information content (AvgIpc) is 2.93. The van der Waals surface area contributed by atoms with Crippen LogP contribution in [-0.2, 0) is 23.0 Å². The Bertz CT molecular complexity index is 1090. The fourth-order valence-electron chi connectivity index (χ4n) is 3.30. The molecule has 0 amide bonds. The number of halogens is 2. The number of aryl methyl sites for hydroxylation is 1. The molecule has 2 heterocycles. The van der Waals surface area contributed by atoms with Gasteiger partial charge < -0.3 is 4.98 Å². The number of nitrogens with zero attached hydrogens (tertiary/aromatic N) is 1. The number of hydrogen-bond donors (Lipinski definition) is 1. The van der Waals surface area contributed by atoms with Crippen molar-refractivity contribution in [3.05, 3.63) is 64.1 Å². The molecule has 1 N–H and O–H groups in total. The summed E-state index contributed by atoms with van der Waals surface area (Å²) in [5.74, 6) is -0.409. The van der Waals surface area contributed by atoms with Crippen molar-refractivity contribution in [2.45, 2.75) is 24.8 Å². The molecule has 0 saturated heterocycles. The minimum Gasteiger partial charge on any atom is -0.358 e. The number of aromatic amines is 1. The molecular weight excluding hydrogens is 363 g/mol. The van der Waals surface area contributed by atoms with Gasteiger partial charge in [0, 0.05) is 41.1 Å². The number of fused-ring (bicyclic) bond motifs is 3. The van der Waals surface area contributed by atoms with Gasteiger partial charge in [0.1, 0.15) is 5.82 Å². The van der Waals surface area contributed by atoms with Gasteiger partial charge in [0.25, 0.3) is 0 Å². The summed E-state index contributed by atoms with van der Waals surface area (Å²) in [6, 6.07) is 9.46. The molecule has 0 radical (unpaired) electrons. The normalized spacial score (nSPS) is 15.5. The summed E-state index contributed by atoms with van der Waals surface area (Å²) >= 11 is 6.03. The zero-order valence-corrected chi connectivity index (χ0v) is 15.1. The lowest BCUT2D eigenvalue weighted by molar-refractivity contribution is 0.391. The molecule has 0 spiro atoms. The Balaban J connectivity index is 1.74. The second-order valence-corrected chi connectivity index (χ2v) is 8.65. The number of benzene rings is 2. The van der Waals surface area contributed by atoms with Gasteiger partial charge in [0.2, 0.25) is 10.0 Å². The van der Waals surface area contributed by atoms with E-state index in [0.717, 1.165) is 22.2 Å². The van der Waals surface area contributed by atoms with Crippen molar-refractivity contribution in [1.29, 1.82) is 0 Å². The lowest BCUT2D eigenvalue weighted by atomic mass is 10.1. The molecule has 0 fully saturated rings. The summed E-state index contributed by atoms with van der Waals surface area (Å²) < 4.78 is 40.8. The molecule has 1 aromatic heterocycles. The van der Waals surface area contributed by atoms with Gasteiger partial charge >= 0.3 is 0 Å². The van der Waals surface area contributed by atoms with Crippen molar-refractivity contribution < 1.29 is 12.8 Å². The fraction of sp³-hybridized carbons (Fsp3) is 0.222. The summed E-state index contributed by atoms with van der Waals surface area (Å²) in [4.78, 5) is 3.45. The van der Waals surface area contributed by atoms with E-state index in [9.17, 15) is 12.8 Å². The van der Waals surface area contributed by atoms with Gasteiger partial charge in [-0.25, -0.2) is 12.8 Å². The van der Waals surface area contributed by atoms with Gasteiger partial charge in [0.15, 0.2) is 0 Å². The van der Waals surface area contributed by atoms with Crippen LogP contribution in [0.2, 0.25) is 5.02 Å². The standard InChI is InChI=1S/C18H16ClFN2O2S/c1-11-8-13(3-5-16(11)20)25(23,24)22-7-6-17-15(10-22)14-4-2-12(19)9-18(14)21-17/h2-5,8-9,21H,6-7,10H2,1H3. The number of hydrogen-bond acceptors (Lipinski definition) is 2. The topological polar surface area (TPSA) is 53.2 Å². The van der Waals surface area contributed by atoms with Crippen molar-refractivity contribution >= 4 is 32.5 Å².